The zero-order valence-corrected chi connectivity index (χ0v) is 23.4. The van der Waals surface area contributed by atoms with Crippen LogP contribution in [0.25, 0.3) is 11.1 Å². The fraction of sp³-hybridized carbons (Fsp3) is 0.406. The minimum absolute atomic E-state index is 0.0179. The topological polar surface area (TPSA) is 81.5 Å². The standard InChI is InChI=1S/C32H32F3N5O2/c1-2-42-29-25(4-3-12-38-29)21-5-7-26-28(17-21)40(30(41)22-9-13-37-19-22)20-31(26)10-14-39(15-11-31)27-8-6-24(32(33,34)35)16-23(27)18-36/h3-8,12,16-17,22,37H,2,9-11,13-15,19-20H2,1H3/t22-/m1/s1. The number of piperidine rings is 1. The maximum atomic E-state index is 13.8. The SMILES string of the molecule is CCOc1ncccc1-c1ccc2c(c1)N(C(=O)[C@@H]1CCNC1)CC21CCN(c2ccc(C(F)(F)F)cc2C#N)CC1. The molecule has 2 aromatic carbocycles. The summed E-state index contributed by atoms with van der Waals surface area (Å²) in [5.41, 5.74) is 3.21. The van der Waals surface area contributed by atoms with Crippen molar-refractivity contribution >= 4 is 17.3 Å². The number of rotatable bonds is 5. The van der Waals surface area contributed by atoms with Crippen molar-refractivity contribution in [3.8, 4) is 23.1 Å². The van der Waals surface area contributed by atoms with E-state index in [0.29, 0.717) is 57.2 Å². The van der Waals surface area contributed by atoms with E-state index in [1.165, 1.54) is 6.07 Å². The molecule has 1 amide bonds. The molecule has 2 saturated heterocycles. The van der Waals surface area contributed by atoms with Crippen LogP contribution in [0.15, 0.2) is 54.7 Å². The molecule has 3 aliphatic rings. The van der Waals surface area contributed by atoms with E-state index in [2.05, 4.69) is 28.5 Å². The van der Waals surface area contributed by atoms with Gasteiger partial charge in [-0.05, 0) is 80.3 Å². The zero-order valence-electron chi connectivity index (χ0n) is 23.4. The molecule has 218 valence electrons. The number of amides is 1. The summed E-state index contributed by atoms with van der Waals surface area (Å²) in [6, 6.07) is 15.4. The van der Waals surface area contributed by atoms with E-state index >= 15 is 0 Å². The third-order valence-corrected chi connectivity index (χ3v) is 8.87. The number of ether oxygens (including phenoxy) is 1. The first-order valence-corrected chi connectivity index (χ1v) is 14.4. The number of pyridine rings is 1. The highest BCUT2D eigenvalue weighted by molar-refractivity contribution is 5.99. The fourth-order valence-corrected chi connectivity index (χ4v) is 6.67. The number of nitrogens with zero attached hydrogens (tertiary/aromatic N) is 4. The van der Waals surface area contributed by atoms with Gasteiger partial charge in [0.05, 0.1) is 29.3 Å². The quantitative estimate of drug-likeness (QED) is 0.431. The average Bonchev–Trinajstić information content (AvgIpc) is 3.64. The van der Waals surface area contributed by atoms with Crippen molar-refractivity contribution in [3.63, 3.8) is 0 Å². The second kappa shape index (κ2) is 11.0. The fourth-order valence-electron chi connectivity index (χ4n) is 6.67. The predicted molar refractivity (Wildman–Crippen MR) is 153 cm³/mol. The monoisotopic (exact) mass is 575 g/mol. The zero-order chi connectivity index (χ0) is 29.5. The number of carbonyl (C=O) groups excluding carboxylic acids is 1. The molecule has 0 aliphatic carbocycles. The number of hydrogen-bond acceptors (Lipinski definition) is 6. The lowest BCUT2D eigenvalue weighted by Gasteiger charge is -2.41. The molecule has 4 heterocycles. The third kappa shape index (κ3) is 4.96. The molecule has 1 aromatic heterocycles. The van der Waals surface area contributed by atoms with Gasteiger partial charge in [0.15, 0.2) is 0 Å². The Kier molecular flexibility index (Phi) is 7.31. The van der Waals surface area contributed by atoms with Crippen molar-refractivity contribution in [2.45, 2.75) is 37.8 Å². The van der Waals surface area contributed by atoms with Crippen molar-refractivity contribution in [1.29, 1.82) is 5.26 Å². The molecule has 0 unspecified atom stereocenters. The molecule has 1 N–H and O–H groups in total. The molecule has 3 aromatic rings. The van der Waals surface area contributed by atoms with E-state index in [9.17, 15) is 23.2 Å². The maximum absolute atomic E-state index is 13.8. The number of nitriles is 1. The normalized spacial score (nSPS) is 19.5. The van der Waals surface area contributed by atoms with Gasteiger partial charge in [-0.25, -0.2) is 4.98 Å². The summed E-state index contributed by atoms with van der Waals surface area (Å²) in [5.74, 6) is 0.576. The van der Waals surface area contributed by atoms with Crippen molar-refractivity contribution < 1.29 is 22.7 Å². The van der Waals surface area contributed by atoms with Gasteiger partial charge in [0.1, 0.15) is 6.07 Å². The van der Waals surface area contributed by atoms with Crippen LogP contribution in [0.2, 0.25) is 0 Å². The molecule has 0 saturated carbocycles. The highest BCUT2D eigenvalue weighted by atomic mass is 19.4. The van der Waals surface area contributed by atoms with Crippen molar-refractivity contribution in [2.75, 3.05) is 49.1 Å². The van der Waals surface area contributed by atoms with E-state index < -0.39 is 11.7 Å². The van der Waals surface area contributed by atoms with E-state index in [1.807, 2.05) is 34.9 Å². The first kappa shape index (κ1) is 28.0. The van der Waals surface area contributed by atoms with Crippen LogP contribution in [0, 0.1) is 17.2 Å². The molecular formula is C32H32F3N5O2. The second-order valence-corrected chi connectivity index (χ2v) is 11.2. The van der Waals surface area contributed by atoms with E-state index in [-0.39, 0.29) is 22.8 Å². The molecule has 3 aliphatic heterocycles. The Hall–Kier alpha value is -4.10. The number of anilines is 2. The van der Waals surface area contributed by atoms with Gasteiger partial charge in [-0.1, -0.05) is 12.1 Å². The minimum Gasteiger partial charge on any atom is -0.478 e. The van der Waals surface area contributed by atoms with Crippen LogP contribution in [0.5, 0.6) is 5.88 Å². The van der Waals surface area contributed by atoms with E-state index in [4.69, 9.17) is 4.74 Å². The number of hydrogen-bond donors (Lipinski definition) is 1. The van der Waals surface area contributed by atoms with Gasteiger partial charge in [0, 0.05) is 49.0 Å². The maximum Gasteiger partial charge on any atom is 0.416 e. The summed E-state index contributed by atoms with van der Waals surface area (Å²) in [6.07, 6.45) is -0.606. The number of fused-ring (bicyclic) bond motifs is 2. The van der Waals surface area contributed by atoms with Crippen LogP contribution in [-0.4, -0.2) is 50.2 Å². The molecule has 1 atom stereocenters. The van der Waals surface area contributed by atoms with Gasteiger partial charge in [-0.15, -0.1) is 0 Å². The van der Waals surface area contributed by atoms with Gasteiger partial charge >= 0.3 is 6.18 Å². The Labute approximate surface area is 242 Å². The first-order valence-electron chi connectivity index (χ1n) is 14.4. The van der Waals surface area contributed by atoms with Crippen LogP contribution in [-0.2, 0) is 16.4 Å². The smallest absolute Gasteiger partial charge is 0.416 e. The third-order valence-electron chi connectivity index (χ3n) is 8.87. The Morgan fingerprint density at radius 2 is 1.98 bits per heavy atom. The summed E-state index contributed by atoms with van der Waals surface area (Å²) >= 11 is 0. The van der Waals surface area contributed by atoms with Crippen molar-refractivity contribution in [3.05, 3.63) is 71.4 Å². The number of nitrogens with one attached hydrogen (secondary N) is 1. The van der Waals surface area contributed by atoms with Crippen LogP contribution in [0.3, 0.4) is 0 Å². The number of halogens is 3. The van der Waals surface area contributed by atoms with Gasteiger partial charge in [-0.2, -0.15) is 18.4 Å². The lowest BCUT2D eigenvalue weighted by molar-refractivity contribution is -0.137. The molecule has 7 nitrogen and oxygen atoms in total. The number of carbonyl (C=O) groups is 1. The Morgan fingerprint density at radius 3 is 2.67 bits per heavy atom. The summed E-state index contributed by atoms with van der Waals surface area (Å²) in [5, 5.41) is 12.9. The Morgan fingerprint density at radius 1 is 1.17 bits per heavy atom. The molecular weight excluding hydrogens is 543 g/mol. The van der Waals surface area contributed by atoms with Crippen LogP contribution in [0.1, 0.15) is 42.9 Å². The molecule has 6 rings (SSSR count). The molecule has 1 spiro atoms. The summed E-state index contributed by atoms with van der Waals surface area (Å²) < 4.78 is 45.6. The Balaban J connectivity index is 1.33. The molecule has 10 heteroatoms. The molecule has 0 radical (unpaired) electrons. The molecule has 42 heavy (non-hydrogen) atoms. The van der Waals surface area contributed by atoms with Gasteiger partial charge < -0.3 is 19.9 Å². The van der Waals surface area contributed by atoms with Crippen molar-refractivity contribution in [2.24, 2.45) is 5.92 Å². The highest BCUT2D eigenvalue weighted by Gasteiger charge is 2.48. The van der Waals surface area contributed by atoms with Crippen LogP contribution in [0.4, 0.5) is 24.5 Å². The highest BCUT2D eigenvalue weighted by Crippen LogP contribution is 2.50. The lowest BCUT2D eigenvalue weighted by Crippen LogP contribution is -2.47. The average molecular weight is 576 g/mol. The van der Waals surface area contributed by atoms with E-state index in [0.717, 1.165) is 47.5 Å². The largest absolute Gasteiger partial charge is 0.478 e. The summed E-state index contributed by atoms with van der Waals surface area (Å²) in [7, 11) is 0. The first-order chi connectivity index (χ1) is 20.2. The lowest BCUT2D eigenvalue weighted by atomic mass is 9.74. The second-order valence-electron chi connectivity index (χ2n) is 11.2. The van der Waals surface area contributed by atoms with E-state index in [1.54, 1.807) is 6.20 Å². The van der Waals surface area contributed by atoms with Crippen LogP contribution < -0.4 is 19.9 Å². The van der Waals surface area contributed by atoms with Crippen LogP contribution >= 0.6 is 0 Å². The van der Waals surface area contributed by atoms with Crippen molar-refractivity contribution in [1.82, 2.24) is 10.3 Å². The molecule has 0 bridgehead atoms. The number of alkyl halides is 3. The summed E-state index contributed by atoms with van der Waals surface area (Å²) in [6.45, 7) is 5.55. The van der Waals surface area contributed by atoms with Gasteiger partial charge in [-0.3, -0.25) is 4.79 Å². The number of benzene rings is 2. The summed E-state index contributed by atoms with van der Waals surface area (Å²) in [4.78, 5) is 22.2. The van der Waals surface area contributed by atoms with Gasteiger partial charge in [0.2, 0.25) is 11.8 Å². The minimum atomic E-state index is -4.51. The Bertz CT molecular complexity index is 1540. The van der Waals surface area contributed by atoms with Gasteiger partial charge in [0.25, 0.3) is 0 Å². The predicted octanol–water partition coefficient (Wildman–Crippen LogP) is 5.53. The number of aromatic nitrogens is 1. The molecule has 2 fully saturated rings.